The predicted molar refractivity (Wildman–Crippen MR) is 114 cm³/mol. The Balaban J connectivity index is 1.73. The maximum atomic E-state index is 12.4. The normalized spacial score (nSPS) is 15.1. The van der Waals surface area contributed by atoms with Crippen LogP contribution in [-0.4, -0.2) is 49.7 Å². The van der Waals surface area contributed by atoms with Gasteiger partial charge in [-0.2, -0.15) is 0 Å². The molecule has 1 aliphatic rings. The zero-order valence-electron chi connectivity index (χ0n) is 18.9. The molecule has 0 N–H and O–H groups in total. The Kier molecular flexibility index (Phi) is 6.63. The molecule has 2 aromatic heterocycles. The number of nitrogens with zero attached hydrogens (tertiary/aromatic N) is 5. The van der Waals surface area contributed by atoms with Gasteiger partial charge in [0.2, 0.25) is 0 Å². The molecule has 0 atom stereocenters. The van der Waals surface area contributed by atoms with Crippen molar-refractivity contribution in [3.63, 3.8) is 0 Å². The summed E-state index contributed by atoms with van der Waals surface area (Å²) in [6, 6.07) is 3.84. The lowest BCUT2D eigenvalue weighted by molar-refractivity contribution is 0.0743. The number of ether oxygens (including phenoxy) is 2. The standard InChI is InChI=1S/C22H33N5O3/c1-15-19(30-16-10-8-7-9-11-16)13-12-17(23-15)20-18(27(6)25-24-20)14-29-21(28)26(5)22(2,3)4/h12-13,16H,7-11,14H2,1-6H3. The number of hydrogen-bond donors (Lipinski definition) is 0. The third kappa shape index (κ3) is 5.09. The number of carbonyl (C=O) groups excluding carboxylic acids is 1. The van der Waals surface area contributed by atoms with Gasteiger partial charge in [0.15, 0.2) is 0 Å². The Morgan fingerprint density at radius 1 is 1.23 bits per heavy atom. The van der Waals surface area contributed by atoms with E-state index in [2.05, 4.69) is 10.3 Å². The first-order chi connectivity index (χ1) is 14.2. The third-order valence-electron chi connectivity index (χ3n) is 5.68. The van der Waals surface area contributed by atoms with Crippen molar-refractivity contribution in [3.8, 4) is 17.1 Å². The van der Waals surface area contributed by atoms with E-state index in [4.69, 9.17) is 14.5 Å². The summed E-state index contributed by atoms with van der Waals surface area (Å²) in [6.45, 7) is 7.87. The van der Waals surface area contributed by atoms with Crippen molar-refractivity contribution in [2.45, 2.75) is 78.0 Å². The molecular weight excluding hydrogens is 382 g/mol. The third-order valence-corrected chi connectivity index (χ3v) is 5.68. The molecular formula is C22H33N5O3. The second-order valence-electron chi connectivity index (χ2n) is 8.95. The summed E-state index contributed by atoms with van der Waals surface area (Å²) >= 11 is 0. The van der Waals surface area contributed by atoms with Crippen LogP contribution in [0, 0.1) is 6.92 Å². The van der Waals surface area contributed by atoms with Gasteiger partial charge in [-0.25, -0.2) is 14.5 Å². The largest absolute Gasteiger partial charge is 0.489 e. The van der Waals surface area contributed by atoms with Crippen LogP contribution in [0.3, 0.4) is 0 Å². The van der Waals surface area contributed by atoms with Gasteiger partial charge < -0.3 is 14.4 Å². The average Bonchev–Trinajstić information content (AvgIpc) is 3.07. The van der Waals surface area contributed by atoms with Crippen molar-refractivity contribution in [1.29, 1.82) is 0 Å². The van der Waals surface area contributed by atoms with Crippen molar-refractivity contribution >= 4 is 6.09 Å². The zero-order valence-corrected chi connectivity index (χ0v) is 18.9. The number of rotatable bonds is 5. The van der Waals surface area contributed by atoms with E-state index in [9.17, 15) is 4.79 Å². The number of amides is 1. The van der Waals surface area contributed by atoms with E-state index in [1.165, 1.54) is 19.3 Å². The summed E-state index contributed by atoms with van der Waals surface area (Å²) in [5.74, 6) is 0.814. The number of hydrogen-bond acceptors (Lipinski definition) is 6. The Hall–Kier alpha value is -2.64. The van der Waals surface area contributed by atoms with E-state index >= 15 is 0 Å². The number of carbonyl (C=O) groups is 1. The molecule has 2 aromatic rings. The summed E-state index contributed by atoms with van der Waals surface area (Å²) in [5.41, 5.74) is 2.48. The molecule has 0 saturated heterocycles. The molecule has 0 unspecified atom stereocenters. The molecule has 1 aliphatic carbocycles. The molecule has 164 valence electrons. The molecule has 8 heteroatoms. The number of aromatic nitrogens is 4. The maximum absolute atomic E-state index is 12.4. The van der Waals surface area contributed by atoms with Crippen LogP contribution >= 0.6 is 0 Å². The van der Waals surface area contributed by atoms with Crippen LogP contribution in [0.4, 0.5) is 4.79 Å². The summed E-state index contributed by atoms with van der Waals surface area (Å²) < 4.78 is 13.3. The highest BCUT2D eigenvalue weighted by molar-refractivity contribution is 5.68. The molecule has 3 rings (SSSR count). The Morgan fingerprint density at radius 3 is 2.57 bits per heavy atom. The average molecular weight is 416 g/mol. The molecule has 2 heterocycles. The van der Waals surface area contributed by atoms with Gasteiger partial charge in [-0.3, -0.25) is 0 Å². The summed E-state index contributed by atoms with van der Waals surface area (Å²) in [4.78, 5) is 18.6. The number of pyridine rings is 1. The lowest BCUT2D eigenvalue weighted by Gasteiger charge is -2.30. The van der Waals surface area contributed by atoms with Crippen molar-refractivity contribution in [2.24, 2.45) is 7.05 Å². The predicted octanol–water partition coefficient (Wildman–Crippen LogP) is 4.26. The first-order valence-electron chi connectivity index (χ1n) is 10.6. The van der Waals surface area contributed by atoms with Gasteiger partial charge >= 0.3 is 6.09 Å². The Morgan fingerprint density at radius 2 is 1.93 bits per heavy atom. The topological polar surface area (TPSA) is 82.4 Å². The lowest BCUT2D eigenvalue weighted by atomic mass is 9.98. The van der Waals surface area contributed by atoms with Crippen molar-refractivity contribution in [3.05, 3.63) is 23.5 Å². The Bertz CT molecular complexity index is 881. The van der Waals surface area contributed by atoms with E-state index in [0.29, 0.717) is 17.1 Å². The van der Waals surface area contributed by atoms with Crippen molar-refractivity contribution < 1.29 is 14.3 Å². The minimum absolute atomic E-state index is 0.0686. The Labute approximate surface area is 178 Å². The number of aryl methyl sites for hydroxylation is 2. The molecule has 0 aliphatic heterocycles. The highest BCUT2D eigenvalue weighted by Crippen LogP contribution is 2.28. The summed E-state index contributed by atoms with van der Waals surface area (Å²) in [5, 5.41) is 8.35. The van der Waals surface area contributed by atoms with Gasteiger partial charge in [-0.1, -0.05) is 11.6 Å². The summed E-state index contributed by atoms with van der Waals surface area (Å²) in [7, 11) is 3.50. The zero-order chi connectivity index (χ0) is 21.9. The second-order valence-corrected chi connectivity index (χ2v) is 8.95. The fourth-order valence-electron chi connectivity index (χ4n) is 3.41. The fraction of sp³-hybridized carbons (Fsp3) is 0.636. The second kappa shape index (κ2) is 9.02. The van der Waals surface area contributed by atoms with Crippen LogP contribution in [0.1, 0.15) is 64.3 Å². The van der Waals surface area contributed by atoms with Crippen LogP contribution in [0.2, 0.25) is 0 Å². The molecule has 0 aromatic carbocycles. The van der Waals surface area contributed by atoms with Gasteiger partial charge in [0, 0.05) is 19.6 Å². The monoisotopic (exact) mass is 415 g/mol. The SMILES string of the molecule is Cc1nc(-c2nnn(C)c2COC(=O)N(C)C(C)(C)C)ccc1OC1CCCCC1. The highest BCUT2D eigenvalue weighted by atomic mass is 16.6. The van der Waals surface area contributed by atoms with Crippen LogP contribution in [-0.2, 0) is 18.4 Å². The van der Waals surface area contributed by atoms with E-state index in [-0.39, 0.29) is 18.2 Å². The maximum Gasteiger partial charge on any atom is 0.410 e. The van der Waals surface area contributed by atoms with Crippen LogP contribution < -0.4 is 4.74 Å². The molecule has 0 spiro atoms. The smallest absolute Gasteiger partial charge is 0.410 e. The quantitative estimate of drug-likeness (QED) is 0.725. The molecule has 0 bridgehead atoms. The van der Waals surface area contributed by atoms with Gasteiger partial charge in [-0.15, -0.1) is 5.10 Å². The minimum atomic E-state index is -0.394. The van der Waals surface area contributed by atoms with Gasteiger partial charge in [0.25, 0.3) is 0 Å². The van der Waals surface area contributed by atoms with Crippen LogP contribution in [0.5, 0.6) is 5.75 Å². The molecule has 30 heavy (non-hydrogen) atoms. The lowest BCUT2D eigenvalue weighted by Crippen LogP contribution is -2.42. The van der Waals surface area contributed by atoms with Gasteiger partial charge in [-0.05, 0) is 65.5 Å². The van der Waals surface area contributed by atoms with E-state index < -0.39 is 6.09 Å². The molecule has 1 fully saturated rings. The minimum Gasteiger partial charge on any atom is -0.489 e. The molecule has 0 radical (unpaired) electrons. The summed E-state index contributed by atoms with van der Waals surface area (Å²) in [6.07, 6.45) is 5.82. The first-order valence-corrected chi connectivity index (χ1v) is 10.6. The first kappa shape index (κ1) is 22.1. The van der Waals surface area contributed by atoms with Crippen LogP contribution in [0.25, 0.3) is 11.4 Å². The van der Waals surface area contributed by atoms with Crippen molar-refractivity contribution in [1.82, 2.24) is 24.9 Å². The fourth-order valence-corrected chi connectivity index (χ4v) is 3.41. The van der Waals surface area contributed by atoms with E-state index in [1.54, 1.807) is 23.7 Å². The van der Waals surface area contributed by atoms with Gasteiger partial charge in [0.1, 0.15) is 23.7 Å². The van der Waals surface area contributed by atoms with Gasteiger partial charge in [0.05, 0.1) is 17.5 Å². The molecule has 1 saturated carbocycles. The van der Waals surface area contributed by atoms with Crippen molar-refractivity contribution in [2.75, 3.05) is 7.05 Å². The van der Waals surface area contributed by atoms with E-state index in [1.807, 2.05) is 39.8 Å². The molecule has 1 amide bonds. The van der Waals surface area contributed by atoms with Crippen LogP contribution in [0.15, 0.2) is 12.1 Å². The van der Waals surface area contributed by atoms with E-state index in [0.717, 1.165) is 24.3 Å². The molecule has 8 nitrogen and oxygen atoms in total. The highest BCUT2D eigenvalue weighted by Gasteiger charge is 2.25.